The molecule has 4 atom stereocenters. The molecular formula is C19H29NO3. The van der Waals surface area contributed by atoms with E-state index < -0.39 is 97.7 Å². The number of benzene rings is 1. The molecule has 4 nitrogen and oxygen atoms in total. The van der Waals surface area contributed by atoms with E-state index in [1.807, 2.05) is 0 Å². The van der Waals surface area contributed by atoms with Crippen molar-refractivity contribution in [1.29, 1.82) is 0 Å². The Labute approximate surface area is 160 Å². The van der Waals surface area contributed by atoms with Crippen LogP contribution in [-0.2, 0) is 6.37 Å². The zero-order valence-electron chi connectivity index (χ0n) is 28.1. The summed E-state index contributed by atoms with van der Waals surface area (Å²) in [4.78, 5) is 0.0452. The number of nitrogens with zero attached hydrogens (tertiary/aromatic N) is 1. The van der Waals surface area contributed by atoms with Gasteiger partial charge in [0, 0.05) is 35.5 Å². The highest BCUT2D eigenvalue weighted by molar-refractivity contribution is 5.49. The van der Waals surface area contributed by atoms with Crippen LogP contribution in [0.5, 0.6) is 11.5 Å². The third kappa shape index (κ3) is 3.20. The Bertz CT molecular complexity index is 1140. The van der Waals surface area contributed by atoms with E-state index in [1.165, 1.54) is 0 Å². The second-order valence-electron chi connectivity index (χ2n) is 5.23. The fraction of sp³-hybridized carbons (Fsp3) is 0.684. The van der Waals surface area contributed by atoms with Crippen LogP contribution in [0.2, 0.25) is 0 Å². The van der Waals surface area contributed by atoms with Crippen LogP contribution >= 0.6 is 0 Å². The molecule has 23 heavy (non-hydrogen) atoms. The van der Waals surface area contributed by atoms with Gasteiger partial charge in [-0.15, -0.1) is 0 Å². The van der Waals surface area contributed by atoms with E-state index in [0.29, 0.717) is 6.92 Å². The van der Waals surface area contributed by atoms with Crippen LogP contribution in [0, 0.1) is 11.8 Å². The maximum absolute atomic E-state index is 11.1. The van der Waals surface area contributed by atoms with E-state index in [1.54, 1.807) is 0 Å². The molecule has 128 valence electrons. The van der Waals surface area contributed by atoms with Crippen molar-refractivity contribution in [2.45, 2.75) is 45.1 Å². The zero-order chi connectivity index (χ0) is 29.8. The molecule has 0 aromatic heterocycles. The van der Waals surface area contributed by atoms with Crippen molar-refractivity contribution in [3.63, 3.8) is 0 Å². The molecule has 0 spiro atoms. The van der Waals surface area contributed by atoms with E-state index in [2.05, 4.69) is 0 Å². The highest BCUT2D eigenvalue weighted by Crippen LogP contribution is 2.43. The minimum atomic E-state index is -3.51. The molecule has 4 unspecified atom stereocenters. The van der Waals surface area contributed by atoms with Crippen molar-refractivity contribution < 1.29 is 35.1 Å². The van der Waals surface area contributed by atoms with Gasteiger partial charge in [-0.3, -0.25) is 4.90 Å². The molecule has 0 aliphatic carbocycles. The fourth-order valence-electron chi connectivity index (χ4n) is 2.56. The molecule has 1 N–H and O–H groups in total. The van der Waals surface area contributed by atoms with Crippen LogP contribution in [0.1, 0.15) is 64.3 Å². The lowest BCUT2D eigenvalue weighted by molar-refractivity contribution is -0.0191. The molecule has 0 radical (unpaired) electrons. The quantitative estimate of drug-likeness (QED) is 0.919. The molecule has 1 aromatic rings. The first kappa shape index (κ1) is 6.23. The van der Waals surface area contributed by atoms with Crippen LogP contribution in [0.4, 0.5) is 0 Å². The summed E-state index contributed by atoms with van der Waals surface area (Å²) < 4.78 is 137. The number of ether oxygens (including phenoxy) is 2. The standard InChI is InChI=1S/C19H29NO3/c1-12(2)7-14-11-20-6-5-13-8-18(22-3)19(23-4)9-15(13)16(20)10-17(14)21/h8-9,12,14,16-17,21H,5-7,10-11H2,1-4H3/i1D3,5D2,6D2,7D2,8D,9D,11D2,12D,16D. The summed E-state index contributed by atoms with van der Waals surface area (Å²) >= 11 is 0. The Morgan fingerprint density at radius 3 is 3.00 bits per heavy atom. The third-order valence-corrected chi connectivity index (χ3v) is 3.62. The third-order valence-electron chi connectivity index (χ3n) is 3.62. The van der Waals surface area contributed by atoms with Gasteiger partial charge in [0.2, 0.25) is 0 Å². The summed E-state index contributed by atoms with van der Waals surface area (Å²) in [7, 11) is 2.21. The Morgan fingerprint density at radius 2 is 2.30 bits per heavy atom. The summed E-state index contributed by atoms with van der Waals surface area (Å²) in [5.41, 5.74) is -1.49. The molecule has 4 heteroatoms. The number of fused-ring (bicyclic) bond motifs is 3. The minimum Gasteiger partial charge on any atom is -0.493 e. The van der Waals surface area contributed by atoms with Crippen molar-refractivity contribution in [3.8, 4) is 11.5 Å². The molecule has 1 saturated heterocycles. The average molecular weight is 335 g/mol. The van der Waals surface area contributed by atoms with E-state index in [4.69, 9.17) is 28.7 Å². The summed E-state index contributed by atoms with van der Waals surface area (Å²) in [5, 5.41) is 11.1. The lowest BCUT2D eigenvalue weighted by atomic mass is 9.79. The average Bonchev–Trinajstić information content (AvgIpc) is 2.70. The number of rotatable bonds is 4. The number of aliphatic hydroxyl groups excluding tert-OH is 1. The maximum atomic E-state index is 11.1. The van der Waals surface area contributed by atoms with Gasteiger partial charge in [-0.25, -0.2) is 0 Å². The number of piperidine rings is 1. The van der Waals surface area contributed by atoms with Crippen LogP contribution in [0.25, 0.3) is 0 Å². The Balaban J connectivity index is 2.46. The Kier molecular flexibility index (Phi) is 1.81. The smallest absolute Gasteiger partial charge is 0.161 e. The molecule has 2 heterocycles. The largest absolute Gasteiger partial charge is 0.493 e. The monoisotopic (exact) mass is 334 g/mol. The molecule has 0 saturated carbocycles. The van der Waals surface area contributed by atoms with Crippen LogP contribution in [-0.4, -0.2) is 43.3 Å². The Hall–Kier alpha value is -1.26. The highest BCUT2D eigenvalue weighted by Gasteiger charge is 2.38. The number of methoxy groups -OCH3 is 2. The molecule has 1 aromatic carbocycles. The van der Waals surface area contributed by atoms with E-state index in [9.17, 15) is 6.48 Å². The van der Waals surface area contributed by atoms with Gasteiger partial charge in [-0.05, 0) is 54.2 Å². The van der Waals surface area contributed by atoms with Gasteiger partial charge in [0.25, 0.3) is 0 Å². The lowest BCUT2D eigenvalue weighted by Crippen LogP contribution is -2.48. The fourth-order valence-corrected chi connectivity index (χ4v) is 2.56. The highest BCUT2D eigenvalue weighted by atomic mass is 16.5. The van der Waals surface area contributed by atoms with E-state index in [-0.39, 0.29) is 4.90 Å². The van der Waals surface area contributed by atoms with Gasteiger partial charge in [0.1, 0.15) is 0 Å². The van der Waals surface area contributed by atoms with Crippen molar-refractivity contribution in [1.82, 2.24) is 4.90 Å². The van der Waals surface area contributed by atoms with Gasteiger partial charge in [0.05, 0.1) is 24.4 Å². The predicted molar refractivity (Wildman–Crippen MR) is 91.1 cm³/mol. The lowest BCUT2D eigenvalue weighted by Gasteiger charge is -2.46. The predicted octanol–water partition coefficient (Wildman–Crippen LogP) is 3.03. The van der Waals surface area contributed by atoms with E-state index >= 15 is 0 Å². The number of hydrogen-bond donors (Lipinski definition) is 1. The van der Waals surface area contributed by atoms with Gasteiger partial charge >= 0.3 is 0 Å². The second-order valence-corrected chi connectivity index (χ2v) is 5.23. The summed E-state index contributed by atoms with van der Waals surface area (Å²) in [6.07, 6.45) is -9.89. The zero-order valence-corrected chi connectivity index (χ0v) is 13.1. The second kappa shape index (κ2) is 6.70. The van der Waals surface area contributed by atoms with Crippen molar-refractivity contribution >= 4 is 0 Å². The first-order valence-corrected chi connectivity index (χ1v) is 7.08. The van der Waals surface area contributed by atoms with Gasteiger partial charge in [-0.1, -0.05) is 13.8 Å². The summed E-state index contributed by atoms with van der Waals surface area (Å²) in [6, 6.07) is -4.29. The minimum absolute atomic E-state index is 0.0452. The molecule has 0 amide bonds. The molecule has 2 aliphatic rings. The SMILES string of the molecule is [2H]c1c(OC)c(OC)c([2H])c2c1C1([2H])CC(O)C(C([2H])([2H])C([2H])(C)C([2H])([2H])[2H])C([2H])([2H])N1C([2H])([2H])C2([2H])[2H]. The first-order valence-electron chi connectivity index (χ1n) is 14.6. The maximum Gasteiger partial charge on any atom is 0.161 e. The molecule has 0 bridgehead atoms. The van der Waals surface area contributed by atoms with Crippen molar-refractivity contribution in [2.24, 2.45) is 11.8 Å². The van der Waals surface area contributed by atoms with Gasteiger partial charge < -0.3 is 14.6 Å². The van der Waals surface area contributed by atoms with Crippen LogP contribution in [0.3, 0.4) is 0 Å². The van der Waals surface area contributed by atoms with Crippen LogP contribution in [0.15, 0.2) is 12.1 Å². The topological polar surface area (TPSA) is 41.9 Å². The van der Waals surface area contributed by atoms with Crippen molar-refractivity contribution in [3.05, 3.63) is 23.2 Å². The number of aliphatic hydroxyl groups is 1. The van der Waals surface area contributed by atoms with Crippen molar-refractivity contribution in [2.75, 3.05) is 27.2 Å². The first-order chi connectivity index (χ1) is 16.8. The normalized spacial score (nSPS) is 50.5. The van der Waals surface area contributed by atoms with Gasteiger partial charge in [-0.2, -0.15) is 0 Å². The molecule has 2 aliphatic heterocycles. The number of hydrogen-bond acceptors (Lipinski definition) is 4. The van der Waals surface area contributed by atoms with E-state index in [0.717, 1.165) is 14.2 Å². The summed E-state index contributed by atoms with van der Waals surface area (Å²) in [6.45, 7) is -9.63. The molecule has 1 fully saturated rings. The molecular weight excluding hydrogens is 290 g/mol. The summed E-state index contributed by atoms with van der Waals surface area (Å²) in [5.74, 6) is -6.32. The van der Waals surface area contributed by atoms with Crippen LogP contribution < -0.4 is 9.47 Å². The Morgan fingerprint density at radius 1 is 1.57 bits per heavy atom. The molecule has 3 rings (SSSR count). The van der Waals surface area contributed by atoms with Gasteiger partial charge in [0.15, 0.2) is 11.5 Å².